The molecule has 0 atom stereocenters. The fourth-order valence-electron chi connectivity index (χ4n) is 1.83. The fourth-order valence-corrected chi connectivity index (χ4v) is 2.07. The molecule has 0 heterocycles. The number of benzene rings is 2. The highest BCUT2D eigenvalue weighted by molar-refractivity contribution is 6.31. The summed E-state index contributed by atoms with van der Waals surface area (Å²) in [7, 11) is 0. The smallest absolute Gasteiger partial charge is 0.251 e. The molecule has 0 aromatic heterocycles. The zero-order chi connectivity index (χ0) is 15.1. The predicted octanol–water partition coefficient (Wildman–Crippen LogP) is 3.12. The van der Waals surface area contributed by atoms with Crippen molar-refractivity contribution in [1.29, 1.82) is 0 Å². The minimum atomic E-state index is -0.191. The van der Waals surface area contributed by atoms with Crippen LogP contribution in [0.2, 0.25) is 5.02 Å². The molecule has 4 nitrogen and oxygen atoms in total. The number of ether oxygens (including phenoxy) is 1. The van der Waals surface area contributed by atoms with Crippen molar-refractivity contribution in [3.8, 4) is 5.75 Å². The molecule has 2 aromatic rings. The van der Waals surface area contributed by atoms with Gasteiger partial charge in [0.1, 0.15) is 5.75 Å². The average molecular weight is 305 g/mol. The molecule has 0 saturated carbocycles. The minimum absolute atomic E-state index is 0.191. The molecule has 21 heavy (non-hydrogen) atoms. The van der Waals surface area contributed by atoms with Crippen molar-refractivity contribution in [2.24, 2.45) is 0 Å². The van der Waals surface area contributed by atoms with E-state index in [9.17, 15) is 4.79 Å². The third-order valence-corrected chi connectivity index (χ3v) is 3.02. The molecule has 110 valence electrons. The summed E-state index contributed by atoms with van der Waals surface area (Å²) in [5, 5.41) is 3.26. The standard InChI is InChI=1S/C16H17ClN2O2/c17-13-9-12(10-14(18)11-13)16(20)19-7-4-8-21-15-5-2-1-3-6-15/h1-3,5-6,9-11H,4,7-8,18H2,(H,19,20). The van der Waals surface area contributed by atoms with Crippen LogP contribution in [0.4, 0.5) is 5.69 Å². The Morgan fingerprint density at radius 2 is 1.95 bits per heavy atom. The van der Waals surface area contributed by atoms with Gasteiger partial charge in [0.15, 0.2) is 0 Å². The molecule has 2 aromatic carbocycles. The lowest BCUT2D eigenvalue weighted by Crippen LogP contribution is -2.25. The van der Waals surface area contributed by atoms with Gasteiger partial charge in [-0.3, -0.25) is 4.79 Å². The first kappa shape index (κ1) is 15.2. The highest BCUT2D eigenvalue weighted by atomic mass is 35.5. The molecule has 0 saturated heterocycles. The Balaban J connectivity index is 1.72. The Labute approximate surface area is 128 Å². The molecular formula is C16H17ClN2O2. The second-order valence-electron chi connectivity index (χ2n) is 4.54. The Kier molecular flexibility index (Phi) is 5.46. The number of rotatable bonds is 6. The Morgan fingerprint density at radius 1 is 1.19 bits per heavy atom. The van der Waals surface area contributed by atoms with E-state index < -0.39 is 0 Å². The molecule has 0 bridgehead atoms. The number of nitrogen functional groups attached to an aromatic ring is 1. The van der Waals surface area contributed by atoms with Gasteiger partial charge in [-0.15, -0.1) is 0 Å². The number of amides is 1. The summed E-state index contributed by atoms with van der Waals surface area (Å²) < 4.78 is 5.54. The highest BCUT2D eigenvalue weighted by Gasteiger charge is 2.06. The van der Waals surface area contributed by atoms with Crippen LogP contribution >= 0.6 is 11.6 Å². The van der Waals surface area contributed by atoms with Crippen molar-refractivity contribution < 1.29 is 9.53 Å². The van der Waals surface area contributed by atoms with Crippen LogP contribution in [-0.4, -0.2) is 19.1 Å². The summed E-state index contributed by atoms with van der Waals surface area (Å²) in [6, 6.07) is 14.4. The molecule has 3 N–H and O–H groups in total. The van der Waals surface area contributed by atoms with Crippen LogP contribution in [0, 0.1) is 0 Å². The number of para-hydroxylation sites is 1. The maximum atomic E-state index is 11.9. The lowest BCUT2D eigenvalue weighted by atomic mass is 10.2. The summed E-state index contributed by atoms with van der Waals surface area (Å²) in [5.41, 5.74) is 6.59. The van der Waals surface area contributed by atoms with Gasteiger partial charge < -0.3 is 15.8 Å². The van der Waals surface area contributed by atoms with Crippen LogP contribution in [-0.2, 0) is 0 Å². The Bertz CT molecular complexity index is 582. The van der Waals surface area contributed by atoms with E-state index in [1.807, 2.05) is 30.3 Å². The van der Waals surface area contributed by atoms with Crippen LogP contribution in [0.1, 0.15) is 16.8 Å². The van der Waals surface area contributed by atoms with Gasteiger partial charge in [-0.05, 0) is 36.8 Å². The molecule has 5 heteroatoms. The topological polar surface area (TPSA) is 64.4 Å². The van der Waals surface area contributed by atoms with Gasteiger partial charge in [0, 0.05) is 22.8 Å². The lowest BCUT2D eigenvalue weighted by Gasteiger charge is -2.08. The molecule has 0 aliphatic heterocycles. The van der Waals surface area contributed by atoms with Crippen molar-refractivity contribution in [2.45, 2.75) is 6.42 Å². The van der Waals surface area contributed by atoms with E-state index in [0.717, 1.165) is 12.2 Å². The van der Waals surface area contributed by atoms with Crippen molar-refractivity contribution in [2.75, 3.05) is 18.9 Å². The number of nitrogens with one attached hydrogen (secondary N) is 1. The number of anilines is 1. The summed E-state index contributed by atoms with van der Waals surface area (Å²) in [6.07, 6.45) is 0.719. The van der Waals surface area contributed by atoms with Crippen molar-refractivity contribution in [1.82, 2.24) is 5.32 Å². The molecule has 1 amide bonds. The van der Waals surface area contributed by atoms with Crippen molar-refractivity contribution in [3.63, 3.8) is 0 Å². The molecule has 2 rings (SSSR count). The largest absolute Gasteiger partial charge is 0.494 e. The molecule has 0 spiro atoms. The van der Waals surface area contributed by atoms with Crippen LogP contribution in [0.15, 0.2) is 48.5 Å². The summed E-state index contributed by atoms with van der Waals surface area (Å²) in [6.45, 7) is 1.07. The molecule has 0 unspecified atom stereocenters. The van der Waals surface area contributed by atoms with E-state index >= 15 is 0 Å². The van der Waals surface area contributed by atoms with Gasteiger partial charge >= 0.3 is 0 Å². The van der Waals surface area contributed by atoms with E-state index in [2.05, 4.69) is 5.32 Å². The van der Waals surface area contributed by atoms with Gasteiger partial charge in [-0.25, -0.2) is 0 Å². The normalized spacial score (nSPS) is 10.1. The molecule has 0 aliphatic rings. The average Bonchev–Trinajstić information content (AvgIpc) is 2.47. The quantitative estimate of drug-likeness (QED) is 0.636. The first-order chi connectivity index (χ1) is 10.1. The number of nitrogens with two attached hydrogens (primary N) is 1. The first-order valence-corrected chi connectivity index (χ1v) is 7.05. The van der Waals surface area contributed by atoms with Crippen molar-refractivity contribution in [3.05, 3.63) is 59.1 Å². The van der Waals surface area contributed by atoms with Gasteiger partial charge in [0.25, 0.3) is 5.91 Å². The molecular weight excluding hydrogens is 288 g/mol. The monoisotopic (exact) mass is 304 g/mol. The summed E-state index contributed by atoms with van der Waals surface area (Å²) in [5.74, 6) is 0.635. The minimum Gasteiger partial charge on any atom is -0.494 e. The maximum absolute atomic E-state index is 11.9. The number of halogens is 1. The molecule has 0 fully saturated rings. The van der Waals surface area contributed by atoms with Crippen LogP contribution < -0.4 is 15.8 Å². The summed E-state index contributed by atoms with van der Waals surface area (Å²) in [4.78, 5) is 11.9. The highest BCUT2D eigenvalue weighted by Crippen LogP contribution is 2.16. The third kappa shape index (κ3) is 5.00. The number of carbonyl (C=O) groups is 1. The number of hydrogen-bond donors (Lipinski definition) is 2. The second kappa shape index (κ2) is 7.55. The van der Waals surface area contributed by atoms with Gasteiger partial charge in [0.05, 0.1) is 6.61 Å². The molecule has 0 aliphatic carbocycles. The number of carbonyl (C=O) groups excluding carboxylic acids is 1. The Hall–Kier alpha value is -2.20. The SMILES string of the molecule is Nc1cc(Cl)cc(C(=O)NCCCOc2ccccc2)c1. The van der Waals surface area contributed by atoms with Crippen LogP contribution in [0.3, 0.4) is 0 Å². The third-order valence-electron chi connectivity index (χ3n) is 2.80. The number of hydrogen-bond acceptors (Lipinski definition) is 3. The zero-order valence-electron chi connectivity index (χ0n) is 11.5. The Morgan fingerprint density at radius 3 is 2.67 bits per heavy atom. The van der Waals surface area contributed by atoms with E-state index in [0.29, 0.717) is 29.4 Å². The second-order valence-corrected chi connectivity index (χ2v) is 4.98. The van der Waals surface area contributed by atoms with Gasteiger partial charge in [-0.2, -0.15) is 0 Å². The molecule has 0 radical (unpaired) electrons. The van der Waals surface area contributed by atoms with Crippen molar-refractivity contribution >= 4 is 23.2 Å². The van der Waals surface area contributed by atoms with E-state index in [-0.39, 0.29) is 5.91 Å². The predicted molar refractivity (Wildman–Crippen MR) is 84.8 cm³/mol. The van der Waals surface area contributed by atoms with Crippen LogP contribution in [0.5, 0.6) is 5.75 Å². The zero-order valence-corrected chi connectivity index (χ0v) is 12.3. The van der Waals surface area contributed by atoms with E-state index in [1.54, 1.807) is 18.2 Å². The lowest BCUT2D eigenvalue weighted by molar-refractivity contribution is 0.0951. The van der Waals surface area contributed by atoms with Crippen LogP contribution in [0.25, 0.3) is 0 Å². The summed E-state index contributed by atoms with van der Waals surface area (Å²) >= 11 is 5.87. The maximum Gasteiger partial charge on any atom is 0.251 e. The first-order valence-electron chi connectivity index (χ1n) is 6.67. The van der Waals surface area contributed by atoms with Gasteiger partial charge in [-0.1, -0.05) is 29.8 Å². The van der Waals surface area contributed by atoms with E-state index in [1.165, 1.54) is 0 Å². The van der Waals surface area contributed by atoms with Gasteiger partial charge in [0.2, 0.25) is 0 Å². The fraction of sp³-hybridized carbons (Fsp3) is 0.188. The van der Waals surface area contributed by atoms with E-state index in [4.69, 9.17) is 22.1 Å².